The number of nitrogens with one attached hydrogen (secondary N) is 1. The number of thiophene rings is 1. The van der Waals surface area contributed by atoms with E-state index in [1.807, 2.05) is 17.5 Å². The number of urea groups is 1. The van der Waals surface area contributed by atoms with Crippen molar-refractivity contribution in [3.05, 3.63) is 22.4 Å². The average molecular weight is 310 g/mol. The molecule has 0 aliphatic carbocycles. The number of amides is 2. The predicted octanol–water partition coefficient (Wildman–Crippen LogP) is 3.10. The molecule has 1 aliphatic rings. The molecule has 6 heteroatoms. The summed E-state index contributed by atoms with van der Waals surface area (Å²) in [7, 11) is 0. The molecule has 2 rings (SSSR count). The molecule has 1 aromatic heterocycles. The maximum Gasteiger partial charge on any atom is 0.317 e. The van der Waals surface area contributed by atoms with Crippen LogP contribution in [0.2, 0.25) is 0 Å². The number of rotatable bonds is 5. The maximum absolute atomic E-state index is 12.4. The van der Waals surface area contributed by atoms with Crippen molar-refractivity contribution < 1.29 is 14.7 Å². The van der Waals surface area contributed by atoms with E-state index in [0.29, 0.717) is 19.5 Å². The highest BCUT2D eigenvalue weighted by atomic mass is 32.1. The number of hydrogen-bond acceptors (Lipinski definition) is 3. The van der Waals surface area contributed by atoms with Gasteiger partial charge in [0.25, 0.3) is 0 Å². The van der Waals surface area contributed by atoms with Gasteiger partial charge in [-0.1, -0.05) is 19.4 Å². The van der Waals surface area contributed by atoms with Crippen LogP contribution in [0.3, 0.4) is 0 Å². The number of aliphatic carboxylic acids is 1. The van der Waals surface area contributed by atoms with Crippen LogP contribution in [0.15, 0.2) is 17.5 Å². The summed E-state index contributed by atoms with van der Waals surface area (Å²) < 4.78 is 0. The van der Waals surface area contributed by atoms with E-state index in [9.17, 15) is 9.59 Å². The molecule has 21 heavy (non-hydrogen) atoms. The third-order valence-corrected chi connectivity index (χ3v) is 4.81. The second kappa shape index (κ2) is 7.45. The van der Waals surface area contributed by atoms with Gasteiger partial charge in [-0.3, -0.25) is 4.79 Å². The third-order valence-electron chi connectivity index (χ3n) is 3.82. The molecule has 2 atom stereocenters. The highest BCUT2D eigenvalue weighted by Crippen LogP contribution is 2.24. The Morgan fingerprint density at radius 3 is 3.00 bits per heavy atom. The summed E-state index contributed by atoms with van der Waals surface area (Å²) in [5.41, 5.74) is 0. The molecule has 0 aromatic carbocycles. The Morgan fingerprint density at radius 1 is 1.57 bits per heavy atom. The number of carboxylic acids is 1. The van der Waals surface area contributed by atoms with Gasteiger partial charge >= 0.3 is 12.0 Å². The fourth-order valence-electron chi connectivity index (χ4n) is 2.67. The molecule has 0 bridgehead atoms. The molecule has 0 spiro atoms. The smallest absolute Gasteiger partial charge is 0.317 e. The summed E-state index contributed by atoms with van der Waals surface area (Å²) in [5, 5.41) is 14.2. The maximum atomic E-state index is 12.4. The topological polar surface area (TPSA) is 69.6 Å². The van der Waals surface area contributed by atoms with Gasteiger partial charge in [-0.05, 0) is 30.7 Å². The van der Waals surface area contributed by atoms with Gasteiger partial charge in [0.2, 0.25) is 0 Å². The number of nitrogens with zero attached hydrogens (tertiary/aromatic N) is 1. The molecule has 0 radical (unpaired) electrons. The van der Waals surface area contributed by atoms with E-state index in [1.54, 1.807) is 16.2 Å². The average Bonchev–Trinajstić information content (AvgIpc) is 3.01. The largest absolute Gasteiger partial charge is 0.481 e. The number of likely N-dealkylation sites (tertiary alicyclic amines) is 1. The Labute approximate surface area is 129 Å². The molecular formula is C15H22N2O3S. The van der Waals surface area contributed by atoms with E-state index in [1.165, 1.54) is 0 Å². The van der Waals surface area contributed by atoms with Crippen molar-refractivity contribution in [3.63, 3.8) is 0 Å². The lowest BCUT2D eigenvalue weighted by Crippen LogP contribution is -2.47. The Kier molecular flexibility index (Phi) is 5.61. The fraction of sp³-hybridized carbons (Fsp3) is 0.600. The zero-order chi connectivity index (χ0) is 15.2. The summed E-state index contributed by atoms with van der Waals surface area (Å²) in [4.78, 5) is 26.2. The normalized spacial score (nSPS) is 20.0. The molecule has 2 N–H and O–H groups in total. The molecule has 2 heterocycles. The van der Waals surface area contributed by atoms with E-state index in [-0.39, 0.29) is 12.1 Å². The minimum absolute atomic E-state index is 0.0210. The number of carbonyl (C=O) groups is 2. The van der Waals surface area contributed by atoms with Gasteiger partial charge in [0.15, 0.2) is 0 Å². The second-order valence-electron chi connectivity index (χ2n) is 5.43. The van der Waals surface area contributed by atoms with Crippen molar-refractivity contribution in [2.75, 3.05) is 13.1 Å². The zero-order valence-electron chi connectivity index (χ0n) is 12.2. The van der Waals surface area contributed by atoms with E-state index >= 15 is 0 Å². The lowest BCUT2D eigenvalue weighted by atomic mass is 9.98. The van der Waals surface area contributed by atoms with Crippen molar-refractivity contribution in [3.8, 4) is 0 Å². The molecule has 116 valence electrons. The van der Waals surface area contributed by atoms with Crippen LogP contribution in [0, 0.1) is 5.92 Å². The van der Waals surface area contributed by atoms with Gasteiger partial charge in [0.05, 0.1) is 12.0 Å². The first-order valence-corrected chi connectivity index (χ1v) is 8.31. The molecule has 1 aromatic rings. The highest BCUT2D eigenvalue weighted by molar-refractivity contribution is 7.10. The number of carbonyl (C=O) groups excluding carboxylic acids is 1. The molecule has 2 amide bonds. The van der Waals surface area contributed by atoms with Gasteiger partial charge in [-0.15, -0.1) is 11.3 Å². The third kappa shape index (κ3) is 4.20. The van der Waals surface area contributed by atoms with Crippen LogP contribution in [0.4, 0.5) is 4.79 Å². The molecule has 5 nitrogen and oxygen atoms in total. The van der Waals surface area contributed by atoms with Crippen molar-refractivity contribution in [1.29, 1.82) is 0 Å². The van der Waals surface area contributed by atoms with Crippen LogP contribution in [0.25, 0.3) is 0 Å². The van der Waals surface area contributed by atoms with E-state index in [0.717, 1.165) is 24.1 Å². The summed E-state index contributed by atoms with van der Waals surface area (Å²) in [6.07, 6.45) is 3.29. The molecule has 2 unspecified atom stereocenters. The number of carboxylic acid groups (broad SMARTS) is 1. The van der Waals surface area contributed by atoms with Gasteiger partial charge in [-0.25, -0.2) is 4.79 Å². The van der Waals surface area contributed by atoms with Gasteiger partial charge < -0.3 is 15.3 Å². The van der Waals surface area contributed by atoms with Crippen molar-refractivity contribution in [1.82, 2.24) is 10.2 Å². The first-order chi connectivity index (χ1) is 10.1. The molecule has 1 saturated heterocycles. The summed E-state index contributed by atoms with van der Waals surface area (Å²) in [6, 6.07) is 3.89. The van der Waals surface area contributed by atoms with E-state index < -0.39 is 11.9 Å². The monoisotopic (exact) mass is 310 g/mol. The molecule has 1 aliphatic heterocycles. The van der Waals surface area contributed by atoms with Crippen molar-refractivity contribution in [2.24, 2.45) is 5.92 Å². The zero-order valence-corrected chi connectivity index (χ0v) is 13.1. The Bertz CT molecular complexity index is 475. The Balaban J connectivity index is 1.97. The molecular weight excluding hydrogens is 288 g/mol. The fourth-order valence-corrected chi connectivity index (χ4v) is 3.48. The van der Waals surface area contributed by atoms with Crippen LogP contribution in [-0.2, 0) is 4.79 Å². The van der Waals surface area contributed by atoms with Crippen LogP contribution in [0.1, 0.15) is 43.5 Å². The lowest BCUT2D eigenvalue weighted by molar-refractivity contribution is -0.143. The van der Waals surface area contributed by atoms with Crippen molar-refractivity contribution in [2.45, 2.75) is 38.6 Å². The Hall–Kier alpha value is -1.56. The summed E-state index contributed by atoms with van der Waals surface area (Å²) in [5.74, 6) is -1.24. The van der Waals surface area contributed by atoms with Crippen molar-refractivity contribution >= 4 is 23.3 Å². The molecule has 0 saturated carbocycles. The SMILES string of the molecule is CCCC(NC(=O)N1CCCC(C(=O)O)C1)c1cccs1. The number of hydrogen-bond donors (Lipinski definition) is 2. The van der Waals surface area contributed by atoms with E-state index in [4.69, 9.17) is 5.11 Å². The quantitative estimate of drug-likeness (QED) is 0.878. The van der Waals surface area contributed by atoms with Crippen LogP contribution < -0.4 is 5.32 Å². The lowest BCUT2D eigenvalue weighted by Gasteiger charge is -2.32. The number of piperidine rings is 1. The van der Waals surface area contributed by atoms with Crippen LogP contribution in [0.5, 0.6) is 0 Å². The minimum atomic E-state index is -0.809. The molecule has 1 fully saturated rings. The Morgan fingerprint density at radius 2 is 2.38 bits per heavy atom. The second-order valence-corrected chi connectivity index (χ2v) is 6.41. The van der Waals surface area contributed by atoms with Gasteiger partial charge in [0.1, 0.15) is 0 Å². The highest BCUT2D eigenvalue weighted by Gasteiger charge is 2.29. The summed E-state index contributed by atoms with van der Waals surface area (Å²) >= 11 is 1.64. The van der Waals surface area contributed by atoms with Gasteiger partial charge in [-0.2, -0.15) is 0 Å². The van der Waals surface area contributed by atoms with Gasteiger partial charge in [0, 0.05) is 18.0 Å². The van der Waals surface area contributed by atoms with E-state index in [2.05, 4.69) is 12.2 Å². The standard InChI is InChI=1S/C15H22N2O3S/c1-2-5-12(13-7-4-9-21-13)16-15(20)17-8-3-6-11(10-17)14(18)19/h4,7,9,11-12H,2-3,5-6,8,10H2,1H3,(H,16,20)(H,18,19). The predicted molar refractivity (Wildman–Crippen MR) is 82.4 cm³/mol. The first kappa shape index (κ1) is 15.8. The van der Waals surface area contributed by atoms with Crippen LogP contribution >= 0.6 is 11.3 Å². The first-order valence-electron chi connectivity index (χ1n) is 7.43. The van der Waals surface area contributed by atoms with Crippen LogP contribution in [-0.4, -0.2) is 35.1 Å². The summed E-state index contributed by atoms with van der Waals surface area (Å²) in [6.45, 7) is 3.04. The minimum Gasteiger partial charge on any atom is -0.481 e.